The Morgan fingerprint density at radius 3 is 2.07 bits per heavy atom. The van der Waals surface area contributed by atoms with Crippen LogP contribution in [0.15, 0.2) is 6.07 Å². The first-order valence-electron chi connectivity index (χ1n) is 5.16. The third-order valence-electron chi connectivity index (χ3n) is 2.88. The maximum atomic E-state index is 10.1. The van der Waals surface area contributed by atoms with E-state index in [1.165, 1.54) is 0 Å². The van der Waals surface area contributed by atoms with E-state index in [4.69, 9.17) is 4.74 Å². The molecule has 0 saturated heterocycles. The zero-order valence-corrected chi connectivity index (χ0v) is 10.4. The number of methoxy groups -OCH3 is 1. The lowest BCUT2D eigenvalue weighted by Gasteiger charge is -2.25. The largest absolute Gasteiger partial charge is 0.496 e. The van der Waals surface area contributed by atoms with Gasteiger partial charge in [0, 0.05) is 0 Å². The van der Waals surface area contributed by atoms with Crippen molar-refractivity contribution in [1.29, 1.82) is 0 Å². The maximum Gasteiger partial charge on any atom is 0.122 e. The predicted octanol–water partition coefficient (Wildman–Crippen LogP) is 2.85. The van der Waals surface area contributed by atoms with E-state index < -0.39 is 5.60 Å². The fraction of sp³-hybridized carbons (Fsp3) is 0.538. The molecule has 0 saturated carbocycles. The molecular weight excluding hydrogens is 188 g/mol. The van der Waals surface area contributed by atoms with E-state index in [-0.39, 0.29) is 0 Å². The number of hydrogen-bond donors (Lipinski definition) is 1. The van der Waals surface area contributed by atoms with Crippen LogP contribution in [0.2, 0.25) is 0 Å². The van der Waals surface area contributed by atoms with E-state index >= 15 is 0 Å². The molecule has 1 aromatic carbocycles. The molecule has 1 N–H and O–H groups in total. The third kappa shape index (κ3) is 2.15. The van der Waals surface area contributed by atoms with Gasteiger partial charge in [-0.3, -0.25) is 0 Å². The first-order valence-corrected chi connectivity index (χ1v) is 5.16. The van der Waals surface area contributed by atoms with Crippen LogP contribution in [0.1, 0.15) is 36.1 Å². The number of aliphatic hydroxyl groups is 1. The number of aryl methyl sites for hydroxylation is 1. The molecule has 0 aliphatic carbocycles. The summed E-state index contributed by atoms with van der Waals surface area (Å²) in [6.07, 6.45) is 0. The van der Waals surface area contributed by atoms with Gasteiger partial charge in [0.1, 0.15) is 5.75 Å². The lowest BCUT2D eigenvalue weighted by atomic mass is 9.87. The van der Waals surface area contributed by atoms with Crippen LogP contribution >= 0.6 is 0 Å². The third-order valence-corrected chi connectivity index (χ3v) is 2.88. The Morgan fingerprint density at radius 2 is 1.67 bits per heavy atom. The monoisotopic (exact) mass is 208 g/mol. The van der Waals surface area contributed by atoms with E-state index in [0.717, 1.165) is 28.0 Å². The lowest BCUT2D eigenvalue weighted by Crippen LogP contribution is -2.19. The summed E-state index contributed by atoms with van der Waals surface area (Å²) < 4.78 is 5.29. The van der Waals surface area contributed by atoms with Gasteiger partial charge in [-0.1, -0.05) is 0 Å². The molecule has 2 heteroatoms. The number of ether oxygens (including phenoxy) is 1. The van der Waals surface area contributed by atoms with Crippen LogP contribution in [0.4, 0.5) is 0 Å². The van der Waals surface area contributed by atoms with Crippen molar-refractivity contribution in [2.75, 3.05) is 7.11 Å². The molecule has 15 heavy (non-hydrogen) atoms. The highest BCUT2D eigenvalue weighted by atomic mass is 16.5. The van der Waals surface area contributed by atoms with Crippen molar-refractivity contribution in [2.45, 2.75) is 40.2 Å². The Balaban J connectivity index is 3.50. The molecule has 84 valence electrons. The summed E-state index contributed by atoms with van der Waals surface area (Å²) in [6, 6.07) is 1.98. The van der Waals surface area contributed by atoms with E-state index in [9.17, 15) is 5.11 Å². The van der Waals surface area contributed by atoms with Gasteiger partial charge in [-0.05, 0) is 62.9 Å². The number of hydrogen-bond acceptors (Lipinski definition) is 2. The van der Waals surface area contributed by atoms with E-state index in [2.05, 4.69) is 0 Å². The van der Waals surface area contributed by atoms with Gasteiger partial charge in [0.25, 0.3) is 0 Å². The quantitative estimate of drug-likeness (QED) is 0.809. The number of benzene rings is 1. The summed E-state index contributed by atoms with van der Waals surface area (Å²) in [5, 5.41) is 10.1. The standard InChI is InChI=1S/C13H20O2/c1-8-7-11(15-6)9(2)10(3)12(8)13(4,5)14/h7,14H,1-6H3. The first-order chi connectivity index (χ1) is 6.79. The molecule has 0 unspecified atom stereocenters. The molecule has 1 rings (SSSR count). The summed E-state index contributed by atoms with van der Waals surface area (Å²) in [4.78, 5) is 0. The highest BCUT2D eigenvalue weighted by Crippen LogP contribution is 2.33. The molecular formula is C13H20O2. The van der Waals surface area contributed by atoms with Crippen molar-refractivity contribution < 1.29 is 9.84 Å². The van der Waals surface area contributed by atoms with Gasteiger partial charge in [-0.15, -0.1) is 0 Å². The van der Waals surface area contributed by atoms with E-state index in [1.807, 2.05) is 40.7 Å². The van der Waals surface area contributed by atoms with Gasteiger partial charge in [0.15, 0.2) is 0 Å². The molecule has 1 aromatic rings. The Bertz CT molecular complexity index is 373. The van der Waals surface area contributed by atoms with Gasteiger partial charge in [0.05, 0.1) is 12.7 Å². The Labute approximate surface area is 91.9 Å². The molecule has 0 heterocycles. The Kier molecular flexibility index (Phi) is 3.10. The molecule has 0 bridgehead atoms. The van der Waals surface area contributed by atoms with Crippen LogP contribution in [0.3, 0.4) is 0 Å². The van der Waals surface area contributed by atoms with Gasteiger partial charge >= 0.3 is 0 Å². The van der Waals surface area contributed by atoms with Crippen LogP contribution in [-0.2, 0) is 5.60 Å². The Morgan fingerprint density at radius 1 is 1.13 bits per heavy atom. The van der Waals surface area contributed by atoms with Crippen molar-refractivity contribution in [2.24, 2.45) is 0 Å². The molecule has 2 nitrogen and oxygen atoms in total. The van der Waals surface area contributed by atoms with Gasteiger partial charge in [-0.25, -0.2) is 0 Å². The van der Waals surface area contributed by atoms with Gasteiger partial charge in [-0.2, -0.15) is 0 Å². The first kappa shape index (κ1) is 12.1. The van der Waals surface area contributed by atoms with Gasteiger partial charge < -0.3 is 9.84 Å². The highest BCUT2D eigenvalue weighted by Gasteiger charge is 2.23. The average molecular weight is 208 g/mol. The molecule has 0 aliphatic rings. The zero-order chi connectivity index (χ0) is 11.8. The van der Waals surface area contributed by atoms with E-state index in [1.54, 1.807) is 7.11 Å². The minimum absolute atomic E-state index is 0.800. The maximum absolute atomic E-state index is 10.1. The predicted molar refractivity (Wildman–Crippen MR) is 62.4 cm³/mol. The summed E-state index contributed by atoms with van der Waals surface area (Å²) in [5.41, 5.74) is 3.48. The van der Waals surface area contributed by atoms with Crippen LogP contribution in [0.25, 0.3) is 0 Å². The van der Waals surface area contributed by atoms with Crippen molar-refractivity contribution in [1.82, 2.24) is 0 Å². The molecule has 0 amide bonds. The second-order valence-electron chi connectivity index (χ2n) is 4.58. The SMILES string of the molecule is COc1cc(C)c(C(C)(C)O)c(C)c1C. The summed E-state index contributed by atoms with van der Waals surface area (Å²) in [6.45, 7) is 9.67. The fourth-order valence-corrected chi connectivity index (χ4v) is 2.20. The fourth-order valence-electron chi connectivity index (χ4n) is 2.20. The summed E-state index contributed by atoms with van der Waals surface area (Å²) in [7, 11) is 1.67. The minimum atomic E-state index is -0.800. The normalized spacial score (nSPS) is 11.7. The lowest BCUT2D eigenvalue weighted by molar-refractivity contribution is 0.0771. The summed E-state index contributed by atoms with van der Waals surface area (Å²) in [5.74, 6) is 0.887. The van der Waals surface area contributed by atoms with Crippen LogP contribution in [0.5, 0.6) is 5.75 Å². The highest BCUT2D eigenvalue weighted by molar-refractivity contribution is 5.49. The molecule has 0 radical (unpaired) electrons. The Hall–Kier alpha value is -1.02. The van der Waals surface area contributed by atoms with Crippen LogP contribution < -0.4 is 4.74 Å². The second-order valence-corrected chi connectivity index (χ2v) is 4.58. The van der Waals surface area contributed by atoms with E-state index in [0.29, 0.717) is 0 Å². The number of rotatable bonds is 2. The summed E-state index contributed by atoms with van der Waals surface area (Å²) >= 11 is 0. The second kappa shape index (κ2) is 3.86. The van der Waals surface area contributed by atoms with Crippen molar-refractivity contribution in [3.05, 3.63) is 28.3 Å². The smallest absolute Gasteiger partial charge is 0.122 e. The van der Waals surface area contributed by atoms with Crippen molar-refractivity contribution >= 4 is 0 Å². The topological polar surface area (TPSA) is 29.5 Å². The van der Waals surface area contributed by atoms with Crippen LogP contribution in [0, 0.1) is 20.8 Å². The molecule has 0 aliphatic heterocycles. The van der Waals surface area contributed by atoms with Crippen molar-refractivity contribution in [3.63, 3.8) is 0 Å². The zero-order valence-electron chi connectivity index (χ0n) is 10.4. The molecule has 0 atom stereocenters. The average Bonchev–Trinajstić information content (AvgIpc) is 2.09. The molecule has 0 fully saturated rings. The molecule has 0 aromatic heterocycles. The van der Waals surface area contributed by atoms with Gasteiger partial charge in [0.2, 0.25) is 0 Å². The molecule has 0 spiro atoms. The minimum Gasteiger partial charge on any atom is -0.496 e. The van der Waals surface area contributed by atoms with Crippen LogP contribution in [-0.4, -0.2) is 12.2 Å². The van der Waals surface area contributed by atoms with Crippen molar-refractivity contribution in [3.8, 4) is 5.75 Å².